The summed E-state index contributed by atoms with van der Waals surface area (Å²) < 4.78 is 43.1. The SMILES string of the molecule is COc1ccc(C2=CC=C(CCC(=N)Cc3ccc(C(F)(F)F)cc3)CC=C2)cc1C(=O)O. The van der Waals surface area contributed by atoms with E-state index in [4.69, 9.17) is 10.1 Å². The lowest BCUT2D eigenvalue weighted by molar-refractivity contribution is -0.137. The molecule has 172 valence electrons. The Kier molecular flexibility index (Phi) is 7.53. The summed E-state index contributed by atoms with van der Waals surface area (Å²) in [5, 5.41) is 17.6. The number of halogens is 3. The number of hydrogen-bond acceptors (Lipinski definition) is 3. The molecule has 2 aromatic carbocycles. The number of allylic oxidation sites excluding steroid dienone is 6. The zero-order valence-corrected chi connectivity index (χ0v) is 18.1. The minimum Gasteiger partial charge on any atom is -0.496 e. The zero-order chi connectivity index (χ0) is 24.0. The van der Waals surface area contributed by atoms with Gasteiger partial charge >= 0.3 is 12.1 Å². The molecule has 0 saturated heterocycles. The van der Waals surface area contributed by atoms with E-state index < -0.39 is 17.7 Å². The summed E-state index contributed by atoms with van der Waals surface area (Å²) in [4.78, 5) is 11.5. The number of carbonyl (C=O) groups is 1. The van der Waals surface area contributed by atoms with Gasteiger partial charge in [-0.1, -0.05) is 48.1 Å². The molecule has 0 saturated carbocycles. The van der Waals surface area contributed by atoms with E-state index in [0.717, 1.165) is 28.8 Å². The van der Waals surface area contributed by atoms with Crippen LogP contribution in [0.1, 0.15) is 46.3 Å². The van der Waals surface area contributed by atoms with E-state index in [1.54, 1.807) is 18.2 Å². The van der Waals surface area contributed by atoms with Gasteiger partial charge in [-0.05, 0) is 60.2 Å². The molecule has 0 heterocycles. The molecule has 33 heavy (non-hydrogen) atoms. The molecule has 1 aliphatic carbocycles. The van der Waals surface area contributed by atoms with E-state index in [1.807, 2.05) is 24.3 Å². The molecule has 0 bridgehead atoms. The van der Waals surface area contributed by atoms with Crippen LogP contribution in [0.2, 0.25) is 0 Å². The third kappa shape index (κ3) is 6.44. The lowest BCUT2D eigenvalue weighted by Crippen LogP contribution is -2.06. The number of hydrogen-bond donors (Lipinski definition) is 2. The number of alkyl halides is 3. The highest BCUT2D eigenvalue weighted by molar-refractivity contribution is 5.93. The second-order valence-electron chi connectivity index (χ2n) is 7.75. The smallest absolute Gasteiger partial charge is 0.416 e. The number of nitrogens with one attached hydrogen (secondary N) is 1. The lowest BCUT2D eigenvalue weighted by Gasteiger charge is -2.09. The highest BCUT2D eigenvalue weighted by atomic mass is 19.4. The van der Waals surface area contributed by atoms with Crippen molar-refractivity contribution < 1.29 is 27.8 Å². The first kappa shape index (κ1) is 24.0. The van der Waals surface area contributed by atoms with Crippen molar-refractivity contribution in [1.82, 2.24) is 0 Å². The third-order valence-corrected chi connectivity index (χ3v) is 5.39. The van der Waals surface area contributed by atoms with Crippen LogP contribution in [0, 0.1) is 5.41 Å². The van der Waals surface area contributed by atoms with Crippen molar-refractivity contribution in [2.75, 3.05) is 7.11 Å². The Hall–Kier alpha value is -3.61. The standard InChI is InChI=1S/C26H24F3NO3/c1-33-24-14-10-20(16-23(24)25(31)32)19-4-2-3-17(5-9-19)8-13-22(30)15-18-6-11-21(12-7-18)26(27,28)29/h2,4-7,9-12,14,16,30H,3,8,13,15H2,1H3,(H,31,32). The average molecular weight is 455 g/mol. The topological polar surface area (TPSA) is 70.4 Å². The van der Waals surface area contributed by atoms with Crippen LogP contribution >= 0.6 is 0 Å². The molecular weight excluding hydrogens is 431 g/mol. The number of methoxy groups -OCH3 is 1. The van der Waals surface area contributed by atoms with Crippen LogP contribution in [0.25, 0.3) is 5.57 Å². The van der Waals surface area contributed by atoms with Gasteiger partial charge in [-0.25, -0.2) is 4.79 Å². The first-order chi connectivity index (χ1) is 15.7. The van der Waals surface area contributed by atoms with Gasteiger partial charge in [0.05, 0.1) is 12.7 Å². The molecule has 0 atom stereocenters. The Morgan fingerprint density at radius 1 is 1.12 bits per heavy atom. The van der Waals surface area contributed by atoms with Crippen molar-refractivity contribution in [1.29, 1.82) is 5.41 Å². The zero-order valence-electron chi connectivity index (χ0n) is 18.1. The molecule has 2 aromatic rings. The fourth-order valence-corrected chi connectivity index (χ4v) is 3.56. The Balaban J connectivity index is 1.63. The number of rotatable bonds is 8. The number of carboxylic acids is 1. The Morgan fingerprint density at radius 2 is 1.85 bits per heavy atom. The summed E-state index contributed by atoms with van der Waals surface area (Å²) in [6.45, 7) is 0. The van der Waals surface area contributed by atoms with Crippen molar-refractivity contribution >= 4 is 17.3 Å². The summed E-state index contributed by atoms with van der Waals surface area (Å²) >= 11 is 0. The van der Waals surface area contributed by atoms with Crippen LogP contribution in [0.5, 0.6) is 5.75 Å². The molecule has 0 spiro atoms. The second-order valence-corrected chi connectivity index (χ2v) is 7.75. The highest BCUT2D eigenvalue weighted by Crippen LogP contribution is 2.30. The summed E-state index contributed by atoms with van der Waals surface area (Å²) in [5.41, 5.74) is 3.28. The van der Waals surface area contributed by atoms with Gasteiger partial charge in [-0.15, -0.1) is 0 Å². The van der Waals surface area contributed by atoms with Crippen LogP contribution in [0.3, 0.4) is 0 Å². The van der Waals surface area contributed by atoms with Crippen LogP contribution in [-0.2, 0) is 12.6 Å². The summed E-state index contributed by atoms with van der Waals surface area (Å²) in [6.07, 6.45) is 5.66. The monoisotopic (exact) mass is 455 g/mol. The van der Waals surface area contributed by atoms with Crippen LogP contribution in [-0.4, -0.2) is 23.9 Å². The number of carboxylic acid groups (broad SMARTS) is 1. The minimum absolute atomic E-state index is 0.0921. The second kappa shape index (κ2) is 10.3. The van der Waals surface area contributed by atoms with E-state index >= 15 is 0 Å². The number of benzene rings is 2. The number of aromatic carboxylic acids is 1. The van der Waals surface area contributed by atoms with Crippen molar-refractivity contribution in [2.24, 2.45) is 0 Å². The van der Waals surface area contributed by atoms with Crippen molar-refractivity contribution in [3.63, 3.8) is 0 Å². The predicted octanol–water partition coefficient (Wildman–Crippen LogP) is 6.72. The molecule has 0 fully saturated rings. The fraction of sp³-hybridized carbons (Fsp3) is 0.231. The van der Waals surface area contributed by atoms with E-state index in [1.165, 1.54) is 19.2 Å². The molecule has 0 amide bonds. The Morgan fingerprint density at radius 3 is 2.48 bits per heavy atom. The minimum atomic E-state index is -4.36. The maximum atomic E-state index is 12.7. The molecule has 0 unspecified atom stereocenters. The van der Waals surface area contributed by atoms with Gasteiger partial charge in [0.2, 0.25) is 0 Å². The predicted molar refractivity (Wildman–Crippen MR) is 122 cm³/mol. The van der Waals surface area contributed by atoms with Gasteiger partial charge in [0, 0.05) is 12.1 Å². The largest absolute Gasteiger partial charge is 0.496 e. The van der Waals surface area contributed by atoms with E-state index in [-0.39, 0.29) is 5.56 Å². The Labute approximate surface area is 190 Å². The molecule has 7 heteroatoms. The quantitative estimate of drug-likeness (QED) is 0.434. The van der Waals surface area contributed by atoms with Gasteiger partial charge in [0.25, 0.3) is 0 Å². The molecule has 0 aromatic heterocycles. The first-order valence-corrected chi connectivity index (χ1v) is 10.4. The maximum absolute atomic E-state index is 12.7. The molecule has 0 aliphatic heterocycles. The first-order valence-electron chi connectivity index (χ1n) is 10.4. The summed E-state index contributed by atoms with van der Waals surface area (Å²) in [6, 6.07) is 9.94. The molecule has 2 N–H and O–H groups in total. The molecule has 1 aliphatic rings. The lowest BCUT2D eigenvalue weighted by atomic mass is 9.99. The molecule has 3 rings (SSSR count). The highest BCUT2D eigenvalue weighted by Gasteiger charge is 2.29. The van der Waals surface area contributed by atoms with Gasteiger partial charge < -0.3 is 15.3 Å². The van der Waals surface area contributed by atoms with Crippen molar-refractivity contribution in [3.8, 4) is 5.75 Å². The summed E-state index contributed by atoms with van der Waals surface area (Å²) in [5.74, 6) is -0.762. The van der Waals surface area contributed by atoms with Crippen LogP contribution < -0.4 is 4.74 Å². The van der Waals surface area contributed by atoms with Gasteiger partial charge in [-0.2, -0.15) is 13.2 Å². The van der Waals surface area contributed by atoms with Crippen molar-refractivity contribution in [2.45, 2.75) is 31.9 Å². The normalized spacial score (nSPS) is 13.7. The third-order valence-electron chi connectivity index (χ3n) is 5.39. The number of ether oxygens (including phenoxy) is 1. The maximum Gasteiger partial charge on any atom is 0.416 e. The van der Waals surface area contributed by atoms with Gasteiger partial charge in [0.1, 0.15) is 11.3 Å². The van der Waals surface area contributed by atoms with Gasteiger partial charge in [0.15, 0.2) is 0 Å². The fourth-order valence-electron chi connectivity index (χ4n) is 3.56. The van der Waals surface area contributed by atoms with Crippen LogP contribution in [0.15, 0.2) is 72.3 Å². The van der Waals surface area contributed by atoms with E-state index in [0.29, 0.717) is 42.7 Å². The molecule has 0 radical (unpaired) electrons. The van der Waals surface area contributed by atoms with E-state index in [2.05, 4.69) is 0 Å². The van der Waals surface area contributed by atoms with E-state index in [9.17, 15) is 23.1 Å². The molecule has 4 nitrogen and oxygen atoms in total. The molecular formula is C26H24F3NO3. The Bertz CT molecular complexity index is 1130. The average Bonchev–Trinajstić information content (AvgIpc) is 3.02. The summed E-state index contributed by atoms with van der Waals surface area (Å²) in [7, 11) is 1.43. The van der Waals surface area contributed by atoms with Gasteiger partial charge in [-0.3, -0.25) is 0 Å². The van der Waals surface area contributed by atoms with Crippen LogP contribution in [0.4, 0.5) is 13.2 Å². The van der Waals surface area contributed by atoms with Crippen molar-refractivity contribution in [3.05, 3.63) is 94.6 Å².